The topological polar surface area (TPSA) is 65.2 Å². The van der Waals surface area contributed by atoms with Crippen molar-refractivity contribution in [3.05, 3.63) is 113 Å². The molecule has 0 aliphatic carbocycles. The van der Waals surface area contributed by atoms with Crippen LogP contribution >= 0.6 is 0 Å². The molecule has 1 aromatic heterocycles. The number of nitrogens with one attached hydrogen (secondary N) is 2. The fourth-order valence-electron chi connectivity index (χ4n) is 4.83. The third-order valence-electron chi connectivity index (χ3n) is 6.74. The number of hydrogen-bond donors (Lipinski definition) is 2. The summed E-state index contributed by atoms with van der Waals surface area (Å²) in [4.78, 5) is 31.4. The van der Waals surface area contributed by atoms with Crippen LogP contribution in [-0.4, -0.2) is 34.8 Å². The standard InChI is InChI=1S/C30H29N3O2/c1-21-9-8-14-26-29(21)25(20-31-26)22-15-17-33(18-16-22)28(34)19-27(23-10-4-2-5-11-23)32-30(35)24-12-6-3-7-13-24/h2-15,20,27,31H,16-19H2,1H3,(H,32,35)/t27-/m0/s1. The van der Waals surface area contributed by atoms with Gasteiger partial charge in [-0.25, -0.2) is 0 Å². The Hall–Kier alpha value is -4.12. The SMILES string of the molecule is Cc1cccc2[nH]cc(C3=CCN(C(=O)C[C@H](NC(=O)c4ccccc4)c4ccccc4)CC3)c12. The van der Waals surface area contributed by atoms with Gasteiger partial charge in [-0.3, -0.25) is 9.59 Å². The van der Waals surface area contributed by atoms with Crippen molar-refractivity contribution in [2.45, 2.75) is 25.8 Å². The van der Waals surface area contributed by atoms with E-state index in [1.165, 1.54) is 22.1 Å². The highest BCUT2D eigenvalue weighted by molar-refractivity contribution is 5.96. The van der Waals surface area contributed by atoms with Gasteiger partial charge in [0.1, 0.15) is 0 Å². The zero-order valence-corrected chi connectivity index (χ0v) is 19.8. The molecule has 0 radical (unpaired) electrons. The summed E-state index contributed by atoms with van der Waals surface area (Å²) in [5.74, 6) is -0.139. The number of aromatic amines is 1. The van der Waals surface area contributed by atoms with Crippen molar-refractivity contribution in [1.29, 1.82) is 0 Å². The lowest BCUT2D eigenvalue weighted by atomic mass is 9.96. The number of carbonyl (C=O) groups excluding carboxylic acids is 2. The van der Waals surface area contributed by atoms with Gasteiger partial charge in [-0.15, -0.1) is 0 Å². The number of rotatable bonds is 6. The Morgan fingerprint density at radius 1 is 0.971 bits per heavy atom. The van der Waals surface area contributed by atoms with Crippen molar-refractivity contribution in [1.82, 2.24) is 15.2 Å². The van der Waals surface area contributed by atoms with Gasteiger partial charge in [0, 0.05) is 41.3 Å². The molecule has 0 unspecified atom stereocenters. The second-order valence-corrected chi connectivity index (χ2v) is 9.03. The predicted octanol–water partition coefficient (Wildman–Crippen LogP) is 5.65. The Labute approximate surface area is 205 Å². The molecule has 176 valence electrons. The van der Waals surface area contributed by atoms with E-state index in [2.05, 4.69) is 47.7 Å². The average Bonchev–Trinajstić information content (AvgIpc) is 3.35. The van der Waals surface area contributed by atoms with E-state index in [0.29, 0.717) is 18.7 Å². The van der Waals surface area contributed by atoms with Gasteiger partial charge in [-0.1, -0.05) is 66.7 Å². The van der Waals surface area contributed by atoms with E-state index in [1.54, 1.807) is 12.1 Å². The first-order valence-corrected chi connectivity index (χ1v) is 12.0. The fraction of sp³-hybridized carbons (Fsp3) is 0.200. The molecular weight excluding hydrogens is 434 g/mol. The number of aromatic nitrogens is 1. The third kappa shape index (κ3) is 4.90. The lowest BCUT2D eigenvalue weighted by molar-refractivity contribution is -0.131. The Bertz CT molecular complexity index is 1370. The van der Waals surface area contributed by atoms with E-state index >= 15 is 0 Å². The first kappa shape index (κ1) is 22.7. The Balaban J connectivity index is 1.30. The summed E-state index contributed by atoms with van der Waals surface area (Å²) in [5, 5.41) is 4.33. The van der Waals surface area contributed by atoms with E-state index in [4.69, 9.17) is 0 Å². The van der Waals surface area contributed by atoms with Crippen molar-refractivity contribution in [2.24, 2.45) is 0 Å². The Morgan fingerprint density at radius 3 is 2.43 bits per heavy atom. The quantitative estimate of drug-likeness (QED) is 0.388. The molecule has 5 nitrogen and oxygen atoms in total. The summed E-state index contributed by atoms with van der Waals surface area (Å²) in [6.07, 6.45) is 5.26. The number of aryl methyl sites for hydroxylation is 1. The summed E-state index contributed by atoms with van der Waals surface area (Å²) >= 11 is 0. The number of amides is 2. The van der Waals surface area contributed by atoms with Gasteiger partial charge in [0.15, 0.2) is 0 Å². The molecule has 1 atom stereocenters. The van der Waals surface area contributed by atoms with Gasteiger partial charge < -0.3 is 15.2 Å². The third-order valence-corrected chi connectivity index (χ3v) is 6.74. The highest BCUT2D eigenvalue weighted by Crippen LogP contribution is 2.31. The lowest BCUT2D eigenvalue weighted by Gasteiger charge is -2.29. The molecule has 35 heavy (non-hydrogen) atoms. The van der Waals surface area contributed by atoms with E-state index in [0.717, 1.165) is 17.5 Å². The lowest BCUT2D eigenvalue weighted by Crippen LogP contribution is -2.38. The average molecular weight is 464 g/mol. The van der Waals surface area contributed by atoms with Crippen LogP contribution in [0.2, 0.25) is 0 Å². The summed E-state index contributed by atoms with van der Waals surface area (Å²) in [6, 6.07) is 24.7. The maximum Gasteiger partial charge on any atom is 0.251 e. The zero-order valence-electron chi connectivity index (χ0n) is 19.8. The molecule has 5 rings (SSSR count). The smallest absolute Gasteiger partial charge is 0.251 e. The molecule has 0 bridgehead atoms. The van der Waals surface area contributed by atoms with Gasteiger partial charge >= 0.3 is 0 Å². The molecule has 5 heteroatoms. The van der Waals surface area contributed by atoms with E-state index < -0.39 is 6.04 Å². The number of carbonyl (C=O) groups is 2. The molecule has 3 aromatic carbocycles. The van der Waals surface area contributed by atoms with Crippen LogP contribution in [0.4, 0.5) is 0 Å². The first-order chi connectivity index (χ1) is 17.1. The second kappa shape index (κ2) is 10.0. The van der Waals surface area contributed by atoms with Crippen LogP contribution in [0.15, 0.2) is 91.1 Å². The number of fused-ring (bicyclic) bond motifs is 1. The molecule has 2 N–H and O–H groups in total. The Morgan fingerprint density at radius 2 is 1.71 bits per heavy atom. The highest BCUT2D eigenvalue weighted by Gasteiger charge is 2.25. The maximum absolute atomic E-state index is 13.3. The normalized spacial score (nSPS) is 14.4. The van der Waals surface area contributed by atoms with Crippen LogP contribution < -0.4 is 5.32 Å². The largest absolute Gasteiger partial charge is 0.361 e. The van der Waals surface area contributed by atoms with Crippen LogP contribution in [0.3, 0.4) is 0 Å². The van der Waals surface area contributed by atoms with Crippen molar-refractivity contribution in [3.8, 4) is 0 Å². The van der Waals surface area contributed by atoms with Crippen molar-refractivity contribution in [2.75, 3.05) is 13.1 Å². The predicted molar refractivity (Wildman–Crippen MR) is 140 cm³/mol. The van der Waals surface area contributed by atoms with Crippen LogP contribution in [0.1, 0.15) is 45.9 Å². The molecule has 4 aromatic rings. The molecular formula is C30H29N3O2. The van der Waals surface area contributed by atoms with Gasteiger partial charge in [-0.05, 0) is 48.2 Å². The van der Waals surface area contributed by atoms with Crippen LogP contribution in [0.25, 0.3) is 16.5 Å². The number of hydrogen-bond acceptors (Lipinski definition) is 2. The Kier molecular flexibility index (Phi) is 6.49. The molecule has 0 saturated carbocycles. The number of benzene rings is 3. The van der Waals surface area contributed by atoms with E-state index in [-0.39, 0.29) is 18.2 Å². The van der Waals surface area contributed by atoms with E-state index in [9.17, 15) is 9.59 Å². The first-order valence-electron chi connectivity index (χ1n) is 12.0. The fourth-order valence-corrected chi connectivity index (χ4v) is 4.83. The minimum Gasteiger partial charge on any atom is -0.361 e. The molecule has 0 saturated heterocycles. The molecule has 1 aliphatic rings. The van der Waals surface area contributed by atoms with Crippen LogP contribution in [0.5, 0.6) is 0 Å². The summed E-state index contributed by atoms with van der Waals surface area (Å²) in [7, 11) is 0. The summed E-state index contributed by atoms with van der Waals surface area (Å²) < 4.78 is 0. The van der Waals surface area contributed by atoms with Crippen LogP contribution in [-0.2, 0) is 4.79 Å². The van der Waals surface area contributed by atoms with E-state index in [1.807, 2.05) is 53.4 Å². The zero-order chi connectivity index (χ0) is 24.2. The van der Waals surface area contributed by atoms with Gasteiger partial charge in [0.05, 0.1) is 12.5 Å². The minimum atomic E-state index is -0.391. The van der Waals surface area contributed by atoms with Gasteiger partial charge in [-0.2, -0.15) is 0 Å². The summed E-state index contributed by atoms with van der Waals surface area (Å²) in [6.45, 7) is 3.37. The number of nitrogens with zero attached hydrogens (tertiary/aromatic N) is 1. The van der Waals surface area contributed by atoms with Crippen molar-refractivity contribution >= 4 is 28.3 Å². The van der Waals surface area contributed by atoms with Gasteiger partial charge in [0.2, 0.25) is 5.91 Å². The summed E-state index contributed by atoms with van der Waals surface area (Å²) in [5.41, 5.74) is 6.39. The maximum atomic E-state index is 13.3. The van der Waals surface area contributed by atoms with Gasteiger partial charge in [0.25, 0.3) is 5.91 Å². The highest BCUT2D eigenvalue weighted by atomic mass is 16.2. The van der Waals surface area contributed by atoms with Crippen molar-refractivity contribution < 1.29 is 9.59 Å². The minimum absolute atomic E-state index is 0.0395. The monoisotopic (exact) mass is 463 g/mol. The molecule has 2 amide bonds. The number of H-pyrrole nitrogens is 1. The molecule has 2 heterocycles. The molecule has 0 fully saturated rings. The van der Waals surface area contributed by atoms with Crippen molar-refractivity contribution in [3.63, 3.8) is 0 Å². The molecule has 0 spiro atoms. The van der Waals surface area contributed by atoms with Crippen LogP contribution in [0, 0.1) is 6.92 Å². The molecule has 1 aliphatic heterocycles. The second-order valence-electron chi connectivity index (χ2n) is 9.03.